The second-order valence-electron chi connectivity index (χ2n) is 3.95. The van der Waals surface area contributed by atoms with Crippen LogP contribution in [0.15, 0.2) is 51.9 Å². The molecule has 0 radical (unpaired) electrons. The van der Waals surface area contributed by atoms with Gasteiger partial charge in [0.2, 0.25) is 5.43 Å². The van der Waals surface area contributed by atoms with Gasteiger partial charge in [0.1, 0.15) is 17.4 Å². The summed E-state index contributed by atoms with van der Waals surface area (Å²) in [7, 11) is 0. The lowest BCUT2D eigenvalue weighted by Crippen LogP contribution is -2.14. The first-order valence-corrected chi connectivity index (χ1v) is 5.35. The molecular weight excluding hydrogens is 232 g/mol. The first-order valence-electron chi connectivity index (χ1n) is 5.35. The zero-order chi connectivity index (χ0) is 12.7. The van der Waals surface area contributed by atoms with Gasteiger partial charge in [0, 0.05) is 5.39 Å². The molecule has 4 heteroatoms. The largest absolute Gasteiger partial charge is 0.477 e. The van der Waals surface area contributed by atoms with E-state index in [9.17, 15) is 9.59 Å². The molecule has 0 aliphatic carbocycles. The van der Waals surface area contributed by atoms with E-state index >= 15 is 0 Å². The SMILES string of the molecule is O=C(O)c1coc2c(ccc3ccccc32)c1=O. The fourth-order valence-corrected chi connectivity index (χ4v) is 2.01. The van der Waals surface area contributed by atoms with E-state index in [1.807, 2.05) is 24.3 Å². The van der Waals surface area contributed by atoms with Crippen LogP contribution in [-0.2, 0) is 0 Å². The summed E-state index contributed by atoms with van der Waals surface area (Å²) >= 11 is 0. The van der Waals surface area contributed by atoms with Gasteiger partial charge in [-0.3, -0.25) is 4.79 Å². The first kappa shape index (κ1) is 10.5. The van der Waals surface area contributed by atoms with E-state index in [0.717, 1.165) is 17.0 Å². The predicted molar refractivity (Wildman–Crippen MR) is 66.9 cm³/mol. The number of aromatic carboxylic acids is 1. The molecule has 0 unspecified atom stereocenters. The van der Waals surface area contributed by atoms with Gasteiger partial charge in [-0.05, 0) is 11.5 Å². The Morgan fingerprint density at radius 1 is 1.06 bits per heavy atom. The molecule has 3 aromatic rings. The number of hydrogen-bond acceptors (Lipinski definition) is 3. The number of fused-ring (bicyclic) bond motifs is 3. The third-order valence-corrected chi connectivity index (χ3v) is 2.89. The van der Waals surface area contributed by atoms with Crippen LogP contribution in [0.4, 0.5) is 0 Å². The molecule has 0 spiro atoms. The van der Waals surface area contributed by atoms with Crippen LogP contribution < -0.4 is 5.43 Å². The van der Waals surface area contributed by atoms with Crippen LogP contribution >= 0.6 is 0 Å². The quantitative estimate of drug-likeness (QED) is 0.664. The lowest BCUT2D eigenvalue weighted by molar-refractivity contribution is 0.0693. The third-order valence-electron chi connectivity index (χ3n) is 2.89. The Hall–Kier alpha value is -2.62. The van der Waals surface area contributed by atoms with Crippen molar-refractivity contribution in [3.63, 3.8) is 0 Å². The van der Waals surface area contributed by atoms with Gasteiger partial charge < -0.3 is 9.52 Å². The molecular formula is C14H8O4. The van der Waals surface area contributed by atoms with Crippen molar-refractivity contribution in [3.8, 4) is 0 Å². The van der Waals surface area contributed by atoms with E-state index in [4.69, 9.17) is 9.52 Å². The smallest absolute Gasteiger partial charge is 0.342 e. The third kappa shape index (κ3) is 1.39. The van der Waals surface area contributed by atoms with Crippen LogP contribution in [0.2, 0.25) is 0 Å². The molecule has 2 aromatic carbocycles. The van der Waals surface area contributed by atoms with Crippen LogP contribution in [0, 0.1) is 0 Å². The standard InChI is InChI=1S/C14H8O4/c15-12-10-6-5-8-3-1-2-4-9(8)13(10)18-7-11(12)14(16)17/h1-7H,(H,16,17). The Morgan fingerprint density at radius 2 is 1.83 bits per heavy atom. The molecule has 1 N–H and O–H groups in total. The number of hydrogen-bond donors (Lipinski definition) is 1. The topological polar surface area (TPSA) is 67.5 Å². The molecule has 88 valence electrons. The summed E-state index contributed by atoms with van der Waals surface area (Å²) in [6, 6.07) is 10.8. The van der Waals surface area contributed by atoms with Crippen molar-refractivity contribution in [2.75, 3.05) is 0 Å². The molecule has 3 rings (SSSR count). The van der Waals surface area contributed by atoms with Crippen LogP contribution in [0.5, 0.6) is 0 Å². The molecule has 4 nitrogen and oxygen atoms in total. The summed E-state index contributed by atoms with van der Waals surface area (Å²) in [6.07, 6.45) is 0.999. The molecule has 0 aliphatic rings. The van der Waals surface area contributed by atoms with Crippen LogP contribution in [0.3, 0.4) is 0 Å². The number of rotatable bonds is 1. The van der Waals surface area contributed by atoms with Gasteiger partial charge in [-0.25, -0.2) is 4.79 Å². The Labute approximate surface area is 101 Å². The Bertz CT molecular complexity index is 830. The highest BCUT2D eigenvalue weighted by atomic mass is 16.4. The maximum atomic E-state index is 12.0. The van der Waals surface area contributed by atoms with Gasteiger partial charge in [-0.15, -0.1) is 0 Å². The predicted octanol–water partition coefficient (Wildman–Crippen LogP) is 2.64. The molecule has 18 heavy (non-hydrogen) atoms. The van der Waals surface area contributed by atoms with Gasteiger partial charge in [-0.2, -0.15) is 0 Å². The fourth-order valence-electron chi connectivity index (χ4n) is 2.01. The molecule has 1 aromatic heterocycles. The van der Waals surface area contributed by atoms with E-state index in [1.165, 1.54) is 0 Å². The Morgan fingerprint density at radius 3 is 2.61 bits per heavy atom. The van der Waals surface area contributed by atoms with E-state index in [1.54, 1.807) is 12.1 Å². The highest BCUT2D eigenvalue weighted by Crippen LogP contribution is 2.23. The minimum Gasteiger partial charge on any atom is -0.477 e. The van der Waals surface area contributed by atoms with Gasteiger partial charge in [-0.1, -0.05) is 30.3 Å². The van der Waals surface area contributed by atoms with Crippen molar-refractivity contribution in [3.05, 3.63) is 58.4 Å². The summed E-state index contributed by atoms with van der Waals surface area (Å²) in [5.74, 6) is -1.28. The number of carboxylic acid groups (broad SMARTS) is 1. The van der Waals surface area contributed by atoms with Crippen LogP contribution in [0.1, 0.15) is 10.4 Å². The zero-order valence-corrected chi connectivity index (χ0v) is 9.21. The highest BCUT2D eigenvalue weighted by molar-refractivity contribution is 6.05. The molecule has 0 amide bonds. The lowest BCUT2D eigenvalue weighted by atomic mass is 10.1. The number of carbonyl (C=O) groups is 1. The summed E-state index contributed by atoms with van der Waals surface area (Å²) in [5, 5.41) is 10.9. The second kappa shape index (κ2) is 3.70. The summed E-state index contributed by atoms with van der Waals surface area (Å²) in [5.41, 5.74) is -0.449. The minimum atomic E-state index is -1.28. The number of benzene rings is 2. The van der Waals surface area contributed by atoms with Crippen molar-refractivity contribution < 1.29 is 14.3 Å². The first-order chi connectivity index (χ1) is 8.68. The van der Waals surface area contributed by atoms with E-state index in [-0.39, 0.29) is 10.9 Å². The molecule has 1 heterocycles. The maximum absolute atomic E-state index is 12.0. The number of carboxylic acids is 1. The van der Waals surface area contributed by atoms with E-state index < -0.39 is 11.4 Å². The average Bonchev–Trinajstić information content (AvgIpc) is 2.38. The van der Waals surface area contributed by atoms with Crippen molar-refractivity contribution >= 4 is 27.7 Å². The normalized spacial score (nSPS) is 10.9. The summed E-state index contributed by atoms with van der Waals surface area (Å²) in [4.78, 5) is 22.8. The molecule has 0 saturated heterocycles. The Kier molecular flexibility index (Phi) is 2.16. The molecule has 0 aliphatic heterocycles. The van der Waals surface area contributed by atoms with Gasteiger partial charge >= 0.3 is 5.97 Å². The van der Waals surface area contributed by atoms with Crippen molar-refractivity contribution in [1.82, 2.24) is 0 Å². The van der Waals surface area contributed by atoms with E-state index in [0.29, 0.717) is 5.58 Å². The van der Waals surface area contributed by atoms with Crippen molar-refractivity contribution in [2.24, 2.45) is 0 Å². The van der Waals surface area contributed by atoms with Crippen molar-refractivity contribution in [1.29, 1.82) is 0 Å². The zero-order valence-electron chi connectivity index (χ0n) is 9.21. The highest BCUT2D eigenvalue weighted by Gasteiger charge is 2.14. The summed E-state index contributed by atoms with van der Waals surface area (Å²) < 4.78 is 5.32. The summed E-state index contributed by atoms with van der Waals surface area (Å²) in [6.45, 7) is 0. The molecule has 0 bridgehead atoms. The average molecular weight is 240 g/mol. The molecule has 0 atom stereocenters. The van der Waals surface area contributed by atoms with Gasteiger partial charge in [0.15, 0.2) is 0 Å². The second-order valence-corrected chi connectivity index (χ2v) is 3.95. The molecule has 0 saturated carbocycles. The Balaban J connectivity index is 2.52. The van der Waals surface area contributed by atoms with Crippen LogP contribution in [0.25, 0.3) is 21.7 Å². The minimum absolute atomic E-state index is 0.286. The fraction of sp³-hybridized carbons (Fsp3) is 0. The maximum Gasteiger partial charge on any atom is 0.342 e. The van der Waals surface area contributed by atoms with Gasteiger partial charge in [0.25, 0.3) is 0 Å². The van der Waals surface area contributed by atoms with E-state index in [2.05, 4.69) is 0 Å². The van der Waals surface area contributed by atoms with Gasteiger partial charge in [0.05, 0.1) is 5.39 Å². The monoisotopic (exact) mass is 240 g/mol. The molecule has 0 fully saturated rings. The lowest BCUT2D eigenvalue weighted by Gasteiger charge is -2.02. The van der Waals surface area contributed by atoms with Crippen molar-refractivity contribution in [2.45, 2.75) is 0 Å². The van der Waals surface area contributed by atoms with Crippen LogP contribution in [-0.4, -0.2) is 11.1 Å².